The molecule has 0 radical (unpaired) electrons. The van der Waals surface area contributed by atoms with Crippen molar-refractivity contribution >= 4 is 11.9 Å². The number of carboxylic acids is 1. The molecule has 1 amide bonds. The number of carbonyl (C=O) groups excluding carboxylic acids is 1. The minimum Gasteiger partial charge on any atom is -0.481 e. The van der Waals surface area contributed by atoms with Gasteiger partial charge in [0.1, 0.15) is 0 Å². The van der Waals surface area contributed by atoms with Crippen LogP contribution in [0.3, 0.4) is 0 Å². The van der Waals surface area contributed by atoms with Crippen molar-refractivity contribution in [2.45, 2.75) is 46.1 Å². The van der Waals surface area contributed by atoms with E-state index in [0.29, 0.717) is 19.3 Å². The van der Waals surface area contributed by atoms with Gasteiger partial charge in [0.25, 0.3) is 0 Å². The molecular weight excluding hydrogens is 270 g/mol. The zero-order valence-corrected chi connectivity index (χ0v) is 13.0. The summed E-state index contributed by atoms with van der Waals surface area (Å²) in [7, 11) is 1.90. The first-order chi connectivity index (χ1) is 9.81. The van der Waals surface area contributed by atoms with E-state index in [9.17, 15) is 9.59 Å². The van der Waals surface area contributed by atoms with Gasteiger partial charge in [0.05, 0.1) is 17.5 Å². The summed E-state index contributed by atoms with van der Waals surface area (Å²) in [4.78, 5) is 23.1. The fourth-order valence-electron chi connectivity index (χ4n) is 2.93. The SMILES string of the molecule is Cc1nn(C)c(C)c1CC(C)NC(=O)C1CCC1C(=O)O. The molecule has 116 valence electrons. The minimum absolute atomic E-state index is 0.0332. The van der Waals surface area contributed by atoms with Gasteiger partial charge in [0, 0.05) is 18.8 Å². The molecule has 0 aliphatic heterocycles. The molecule has 0 aromatic carbocycles. The minimum atomic E-state index is -0.868. The van der Waals surface area contributed by atoms with E-state index in [2.05, 4.69) is 10.4 Å². The molecule has 0 spiro atoms. The summed E-state index contributed by atoms with van der Waals surface area (Å²) in [5.74, 6) is -1.89. The Hall–Kier alpha value is -1.85. The lowest BCUT2D eigenvalue weighted by Gasteiger charge is -2.33. The quantitative estimate of drug-likeness (QED) is 0.854. The van der Waals surface area contributed by atoms with Crippen molar-refractivity contribution in [2.24, 2.45) is 18.9 Å². The first-order valence-corrected chi connectivity index (χ1v) is 7.33. The first kappa shape index (κ1) is 15.5. The van der Waals surface area contributed by atoms with Crippen LogP contribution < -0.4 is 5.32 Å². The molecule has 1 saturated carbocycles. The second kappa shape index (κ2) is 5.87. The van der Waals surface area contributed by atoms with Gasteiger partial charge in [-0.05, 0) is 45.6 Å². The van der Waals surface area contributed by atoms with Gasteiger partial charge in [0.15, 0.2) is 0 Å². The van der Waals surface area contributed by atoms with Gasteiger partial charge in [0.2, 0.25) is 5.91 Å². The third-order valence-corrected chi connectivity index (χ3v) is 4.49. The number of carbonyl (C=O) groups is 2. The maximum absolute atomic E-state index is 12.1. The van der Waals surface area contributed by atoms with Gasteiger partial charge in [-0.25, -0.2) is 0 Å². The van der Waals surface area contributed by atoms with E-state index < -0.39 is 11.9 Å². The molecule has 1 aromatic rings. The van der Waals surface area contributed by atoms with E-state index >= 15 is 0 Å². The van der Waals surface area contributed by atoms with Gasteiger partial charge >= 0.3 is 5.97 Å². The fourth-order valence-corrected chi connectivity index (χ4v) is 2.93. The van der Waals surface area contributed by atoms with E-state index in [4.69, 9.17) is 5.11 Å². The largest absolute Gasteiger partial charge is 0.481 e. The lowest BCUT2D eigenvalue weighted by atomic mass is 9.73. The Morgan fingerprint density at radius 3 is 2.43 bits per heavy atom. The predicted molar refractivity (Wildman–Crippen MR) is 77.8 cm³/mol. The van der Waals surface area contributed by atoms with Crippen LogP contribution in [0.1, 0.15) is 36.7 Å². The Balaban J connectivity index is 1.94. The van der Waals surface area contributed by atoms with Crippen molar-refractivity contribution in [2.75, 3.05) is 0 Å². The van der Waals surface area contributed by atoms with Crippen molar-refractivity contribution in [3.8, 4) is 0 Å². The molecule has 2 rings (SSSR count). The summed E-state index contributed by atoms with van der Waals surface area (Å²) >= 11 is 0. The third kappa shape index (κ3) is 3.09. The first-order valence-electron chi connectivity index (χ1n) is 7.33. The Morgan fingerprint density at radius 1 is 1.38 bits per heavy atom. The monoisotopic (exact) mass is 293 g/mol. The van der Waals surface area contributed by atoms with E-state index in [0.717, 1.165) is 17.0 Å². The third-order valence-electron chi connectivity index (χ3n) is 4.49. The summed E-state index contributed by atoms with van der Waals surface area (Å²) in [6.07, 6.45) is 1.98. The molecule has 0 bridgehead atoms. The zero-order valence-electron chi connectivity index (χ0n) is 13.0. The lowest BCUT2D eigenvalue weighted by molar-refractivity contribution is -0.152. The van der Waals surface area contributed by atoms with Crippen LogP contribution in [0.4, 0.5) is 0 Å². The fraction of sp³-hybridized carbons (Fsp3) is 0.667. The summed E-state index contributed by atoms with van der Waals surface area (Å²) in [5, 5.41) is 16.3. The van der Waals surface area contributed by atoms with Gasteiger partial charge in [-0.15, -0.1) is 0 Å². The van der Waals surface area contributed by atoms with E-state index in [1.165, 1.54) is 0 Å². The highest BCUT2D eigenvalue weighted by Gasteiger charge is 2.41. The molecule has 2 N–H and O–H groups in total. The Labute approximate surface area is 124 Å². The highest BCUT2D eigenvalue weighted by Crippen LogP contribution is 2.34. The second-order valence-electron chi connectivity index (χ2n) is 6.02. The molecule has 1 heterocycles. The lowest BCUT2D eigenvalue weighted by Crippen LogP contribution is -2.47. The molecule has 3 unspecified atom stereocenters. The van der Waals surface area contributed by atoms with Crippen LogP contribution in [0.2, 0.25) is 0 Å². The number of nitrogens with zero attached hydrogens (tertiary/aromatic N) is 2. The maximum atomic E-state index is 12.1. The Bertz CT molecular complexity index is 565. The second-order valence-corrected chi connectivity index (χ2v) is 6.02. The summed E-state index contributed by atoms with van der Waals surface area (Å²) < 4.78 is 1.84. The van der Waals surface area contributed by atoms with Crippen LogP contribution in [0.5, 0.6) is 0 Å². The number of carboxylic acid groups (broad SMARTS) is 1. The molecule has 1 aromatic heterocycles. The molecular formula is C15H23N3O3. The van der Waals surface area contributed by atoms with Crippen LogP contribution in [0.25, 0.3) is 0 Å². The van der Waals surface area contributed by atoms with Gasteiger partial charge < -0.3 is 10.4 Å². The summed E-state index contributed by atoms with van der Waals surface area (Å²) in [6.45, 7) is 5.91. The van der Waals surface area contributed by atoms with Crippen molar-refractivity contribution in [1.29, 1.82) is 0 Å². The maximum Gasteiger partial charge on any atom is 0.307 e. The van der Waals surface area contributed by atoms with Crippen LogP contribution in [-0.4, -0.2) is 32.8 Å². The van der Waals surface area contributed by atoms with Crippen LogP contribution in [0.15, 0.2) is 0 Å². The summed E-state index contributed by atoms with van der Waals surface area (Å²) in [5.41, 5.74) is 3.22. The van der Waals surface area contributed by atoms with Crippen molar-refractivity contribution < 1.29 is 14.7 Å². The molecule has 6 heteroatoms. The van der Waals surface area contributed by atoms with E-state index in [1.807, 2.05) is 32.5 Å². The predicted octanol–water partition coefficient (Wildman–Crippen LogP) is 1.19. The molecule has 21 heavy (non-hydrogen) atoms. The zero-order chi connectivity index (χ0) is 15.7. The average molecular weight is 293 g/mol. The standard InChI is InChI=1S/C15H23N3O3/c1-8(7-13-9(2)17-18(4)10(13)3)16-14(19)11-5-6-12(11)15(20)21/h8,11-12H,5-7H2,1-4H3,(H,16,19)(H,20,21). The highest BCUT2D eigenvalue weighted by atomic mass is 16.4. The Kier molecular flexibility index (Phi) is 4.34. The topological polar surface area (TPSA) is 84.2 Å². The normalized spacial score (nSPS) is 22.5. The number of aliphatic carboxylic acids is 1. The molecule has 1 fully saturated rings. The van der Waals surface area contributed by atoms with E-state index in [-0.39, 0.29) is 17.9 Å². The van der Waals surface area contributed by atoms with Crippen molar-refractivity contribution in [1.82, 2.24) is 15.1 Å². The van der Waals surface area contributed by atoms with Crippen molar-refractivity contribution in [3.05, 3.63) is 17.0 Å². The van der Waals surface area contributed by atoms with Crippen LogP contribution >= 0.6 is 0 Å². The number of rotatable bonds is 5. The Morgan fingerprint density at radius 2 is 2.00 bits per heavy atom. The number of hydrogen-bond donors (Lipinski definition) is 2. The number of aromatic nitrogens is 2. The number of hydrogen-bond acceptors (Lipinski definition) is 3. The molecule has 1 aliphatic carbocycles. The smallest absolute Gasteiger partial charge is 0.307 e. The molecule has 6 nitrogen and oxygen atoms in total. The molecule has 3 atom stereocenters. The summed E-state index contributed by atoms with van der Waals surface area (Å²) in [6, 6.07) is -0.0332. The van der Waals surface area contributed by atoms with Crippen LogP contribution in [-0.2, 0) is 23.1 Å². The van der Waals surface area contributed by atoms with Gasteiger partial charge in [-0.3, -0.25) is 14.3 Å². The number of amides is 1. The van der Waals surface area contributed by atoms with Crippen LogP contribution in [0, 0.1) is 25.7 Å². The molecule has 0 saturated heterocycles. The average Bonchev–Trinajstić information content (AvgIpc) is 2.53. The van der Waals surface area contributed by atoms with Gasteiger partial charge in [-0.2, -0.15) is 5.10 Å². The molecule has 1 aliphatic rings. The number of nitrogens with one attached hydrogen (secondary N) is 1. The van der Waals surface area contributed by atoms with Gasteiger partial charge in [-0.1, -0.05) is 0 Å². The highest BCUT2D eigenvalue weighted by molar-refractivity contribution is 5.86. The van der Waals surface area contributed by atoms with Crippen molar-refractivity contribution in [3.63, 3.8) is 0 Å². The number of aryl methyl sites for hydroxylation is 2. The van der Waals surface area contributed by atoms with E-state index in [1.54, 1.807) is 0 Å².